The van der Waals surface area contributed by atoms with E-state index in [9.17, 15) is 9.18 Å². The lowest BCUT2D eigenvalue weighted by atomic mass is 10.2. The molecule has 0 N–H and O–H groups in total. The summed E-state index contributed by atoms with van der Waals surface area (Å²) in [5.74, 6) is 0.188. The van der Waals surface area contributed by atoms with Gasteiger partial charge in [-0.3, -0.25) is 9.48 Å². The lowest BCUT2D eigenvalue weighted by Gasteiger charge is -2.04. The van der Waals surface area contributed by atoms with Gasteiger partial charge in [0.05, 0.1) is 11.4 Å². The third-order valence-corrected chi connectivity index (χ3v) is 3.91. The summed E-state index contributed by atoms with van der Waals surface area (Å²) in [4.78, 5) is 12.8. The van der Waals surface area contributed by atoms with Gasteiger partial charge >= 0.3 is 0 Å². The van der Waals surface area contributed by atoms with Crippen molar-refractivity contribution in [2.75, 3.05) is 5.75 Å². The van der Waals surface area contributed by atoms with Crippen molar-refractivity contribution in [3.63, 3.8) is 0 Å². The smallest absolute Gasteiger partial charge is 0.149 e. The fourth-order valence-electron chi connectivity index (χ4n) is 1.99. The van der Waals surface area contributed by atoms with E-state index in [1.807, 2.05) is 30.7 Å². The highest BCUT2D eigenvalue weighted by Crippen LogP contribution is 2.19. The molecule has 1 aromatic carbocycles. The first-order chi connectivity index (χ1) is 9.58. The monoisotopic (exact) mass is 292 g/mol. The van der Waals surface area contributed by atoms with E-state index >= 15 is 0 Å². The Kier molecular flexibility index (Phi) is 4.95. The highest BCUT2D eigenvalue weighted by atomic mass is 32.2. The molecule has 106 valence electrons. The number of Topliss-reactive ketones (excluding diaryl/α,β-unsaturated/α-hetero) is 1. The van der Waals surface area contributed by atoms with Crippen molar-refractivity contribution in [3.05, 3.63) is 47.5 Å². The van der Waals surface area contributed by atoms with Gasteiger partial charge in [0.2, 0.25) is 0 Å². The Morgan fingerprint density at radius 2 is 2.20 bits per heavy atom. The second-order valence-electron chi connectivity index (χ2n) is 4.55. The number of halogens is 1. The number of aryl methyl sites for hydroxylation is 2. The highest BCUT2D eigenvalue weighted by Gasteiger charge is 2.10. The van der Waals surface area contributed by atoms with Crippen LogP contribution in [0.2, 0.25) is 0 Å². The van der Waals surface area contributed by atoms with Gasteiger partial charge in [0.1, 0.15) is 11.6 Å². The number of carbonyl (C=O) groups is 1. The van der Waals surface area contributed by atoms with Crippen molar-refractivity contribution < 1.29 is 9.18 Å². The Balaban J connectivity index is 1.92. The van der Waals surface area contributed by atoms with E-state index < -0.39 is 0 Å². The molecule has 3 nitrogen and oxygen atoms in total. The van der Waals surface area contributed by atoms with Crippen molar-refractivity contribution >= 4 is 17.5 Å². The lowest BCUT2D eigenvalue weighted by Crippen LogP contribution is -2.11. The molecule has 0 spiro atoms. The molecule has 1 heterocycles. The van der Waals surface area contributed by atoms with Gasteiger partial charge in [-0.1, -0.05) is 6.07 Å². The maximum absolute atomic E-state index is 13.0. The molecular weight excluding hydrogens is 275 g/mol. The number of nitrogens with zero attached hydrogens (tertiary/aromatic N) is 2. The average Bonchev–Trinajstić information content (AvgIpc) is 2.76. The molecule has 5 heteroatoms. The van der Waals surface area contributed by atoms with Crippen molar-refractivity contribution in [1.82, 2.24) is 9.78 Å². The Hall–Kier alpha value is -1.62. The van der Waals surface area contributed by atoms with Gasteiger partial charge in [-0.15, -0.1) is 11.8 Å². The van der Waals surface area contributed by atoms with Gasteiger partial charge < -0.3 is 0 Å². The van der Waals surface area contributed by atoms with Crippen LogP contribution in [0.15, 0.2) is 35.2 Å². The lowest BCUT2D eigenvalue weighted by molar-refractivity contribution is -0.116. The molecule has 0 atom stereocenters. The molecule has 0 radical (unpaired) electrons. The minimum absolute atomic E-state index is 0.119. The Bertz CT molecular complexity index is 610. The van der Waals surface area contributed by atoms with Crippen LogP contribution in [0.1, 0.15) is 18.3 Å². The third-order valence-electron chi connectivity index (χ3n) is 2.86. The van der Waals surface area contributed by atoms with Gasteiger partial charge in [-0.05, 0) is 38.1 Å². The number of hydrogen-bond acceptors (Lipinski definition) is 3. The molecular formula is C15H17FN2OS. The molecule has 0 unspecified atom stereocenters. The summed E-state index contributed by atoms with van der Waals surface area (Å²) in [5.41, 5.74) is 1.86. The number of thioether (sulfide) groups is 1. The molecule has 2 aromatic rings. The first-order valence-electron chi connectivity index (χ1n) is 6.52. The van der Waals surface area contributed by atoms with Gasteiger partial charge in [-0.2, -0.15) is 5.10 Å². The minimum atomic E-state index is -0.276. The first-order valence-corrected chi connectivity index (χ1v) is 7.50. The van der Waals surface area contributed by atoms with Crippen molar-refractivity contribution in [1.29, 1.82) is 0 Å². The van der Waals surface area contributed by atoms with Crippen molar-refractivity contribution in [3.8, 4) is 0 Å². The van der Waals surface area contributed by atoms with Gasteiger partial charge in [-0.25, -0.2) is 4.39 Å². The Morgan fingerprint density at radius 3 is 2.90 bits per heavy atom. The van der Waals surface area contributed by atoms with Crippen LogP contribution in [0.5, 0.6) is 0 Å². The Morgan fingerprint density at radius 1 is 1.40 bits per heavy atom. The summed E-state index contributed by atoms with van der Waals surface area (Å²) < 4.78 is 14.9. The average molecular weight is 292 g/mol. The van der Waals surface area contributed by atoms with Gasteiger partial charge in [0.15, 0.2) is 0 Å². The molecule has 0 aliphatic rings. The maximum Gasteiger partial charge on any atom is 0.149 e. The zero-order chi connectivity index (χ0) is 14.5. The van der Waals surface area contributed by atoms with E-state index in [0.717, 1.165) is 22.8 Å². The normalized spacial score (nSPS) is 10.8. The number of hydrogen-bond donors (Lipinski definition) is 0. The predicted octanol–water partition coefficient (Wildman–Crippen LogP) is 3.25. The largest absolute Gasteiger partial charge is 0.298 e. The summed E-state index contributed by atoms with van der Waals surface area (Å²) in [6.07, 6.45) is 0.372. The fourth-order valence-corrected chi connectivity index (χ4v) is 2.79. The quantitative estimate of drug-likeness (QED) is 0.767. The van der Waals surface area contributed by atoms with Crippen LogP contribution in [0.25, 0.3) is 0 Å². The van der Waals surface area contributed by atoms with E-state index in [4.69, 9.17) is 0 Å². The van der Waals surface area contributed by atoms with Crippen LogP contribution in [-0.2, 0) is 17.8 Å². The van der Waals surface area contributed by atoms with E-state index in [0.29, 0.717) is 12.2 Å². The second kappa shape index (κ2) is 6.70. The standard InChI is InChI=1S/C15H17FN2OS/c1-3-18-13(7-11(2)17-18)9-14(19)10-20-15-6-4-5-12(16)8-15/h4-8H,3,9-10H2,1-2H3. The van der Waals surface area contributed by atoms with Crippen LogP contribution in [0.3, 0.4) is 0 Å². The minimum Gasteiger partial charge on any atom is -0.298 e. The molecule has 20 heavy (non-hydrogen) atoms. The summed E-state index contributed by atoms with van der Waals surface area (Å²) in [6, 6.07) is 8.24. The molecule has 0 fully saturated rings. The van der Waals surface area contributed by atoms with E-state index in [-0.39, 0.29) is 11.6 Å². The summed E-state index contributed by atoms with van der Waals surface area (Å²) in [5, 5.41) is 4.32. The number of rotatable bonds is 6. The number of benzene rings is 1. The summed E-state index contributed by atoms with van der Waals surface area (Å²) >= 11 is 1.36. The molecule has 0 saturated carbocycles. The first kappa shape index (κ1) is 14.8. The van der Waals surface area contributed by atoms with Crippen LogP contribution in [0.4, 0.5) is 4.39 Å². The van der Waals surface area contributed by atoms with Crippen LogP contribution in [-0.4, -0.2) is 21.3 Å². The second-order valence-corrected chi connectivity index (χ2v) is 5.60. The van der Waals surface area contributed by atoms with Crippen molar-refractivity contribution in [2.24, 2.45) is 0 Å². The number of ketones is 1. The molecule has 1 aromatic heterocycles. The predicted molar refractivity (Wildman–Crippen MR) is 78.5 cm³/mol. The zero-order valence-electron chi connectivity index (χ0n) is 11.6. The van der Waals surface area contributed by atoms with E-state index in [1.165, 1.54) is 23.9 Å². The van der Waals surface area contributed by atoms with Gasteiger partial charge in [0.25, 0.3) is 0 Å². The zero-order valence-corrected chi connectivity index (χ0v) is 12.4. The number of carbonyl (C=O) groups excluding carboxylic acids is 1. The Labute approximate surface area is 122 Å². The highest BCUT2D eigenvalue weighted by molar-refractivity contribution is 8.00. The van der Waals surface area contributed by atoms with Gasteiger partial charge in [0, 0.05) is 23.6 Å². The molecule has 0 aliphatic heterocycles. The van der Waals surface area contributed by atoms with E-state index in [2.05, 4.69) is 5.10 Å². The topological polar surface area (TPSA) is 34.9 Å². The summed E-state index contributed by atoms with van der Waals surface area (Å²) in [7, 11) is 0. The third kappa shape index (κ3) is 3.93. The SMILES string of the molecule is CCn1nc(C)cc1CC(=O)CSc1cccc(F)c1. The fraction of sp³-hybridized carbons (Fsp3) is 0.333. The molecule has 0 aliphatic carbocycles. The molecule has 0 saturated heterocycles. The molecule has 0 amide bonds. The number of aromatic nitrogens is 2. The molecule has 2 rings (SSSR count). The maximum atomic E-state index is 13.0. The summed E-state index contributed by atoms with van der Waals surface area (Å²) in [6.45, 7) is 4.68. The van der Waals surface area contributed by atoms with Crippen LogP contribution in [0, 0.1) is 12.7 Å². The van der Waals surface area contributed by atoms with E-state index in [1.54, 1.807) is 6.07 Å². The van der Waals surface area contributed by atoms with Crippen LogP contribution < -0.4 is 0 Å². The van der Waals surface area contributed by atoms with Crippen molar-refractivity contribution in [2.45, 2.75) is 31.7 Å². The molecule has 0 bridgehead atoms. The van der Waals surface area contributed by atoms with Crippen LogP contribution >= 0.6 is 11.8 Å².